The smallest absolute Gasteiger partial charge is 0.410 e. The molecule has 0 fully saturated rings. The number of urea groups is 1. The summed E-state index contributed by atoms with van der Waals surface area (Å²) < 4.78 is 34.8. The van der Waals surface area contributed by atoms with Gasteiger partial charge in [0.15, 0.2) is 0 Å². The normalized spacial score (nSPS) is 14.9. The molecule has 0 unspecified atom stereocenters. The number of nitrogens with one attached hydrogen (secondary N) is 6. The number of nitrogens with two attached hydrogens (primary N) is 1. The lowest BCUT2D eigenvalue weighted by atomic mass is 9.76. The Kier molecular flexibility index (Phi) is 25.9. The highest BCUT2D eigenvalue weighted by Crippen LogP contribution is 2.33. The molecular formula is C60H90N10O13S. The van der Waals surface area contributed by atoms with Crippen molar-refractivity contribution >= 4 is 75.1 Å². The summed E-state index contributed by atoms with van der Waals surface area (Å²) in [6, 6.07) is 8.90. The Hall–Kier alpha value is -7.63. The molecule has 5 atom stereocenters. The van der Waals surface area contributed by atoms with Gasteiger partial charge in [-0.3, -0.25) is 48.2 Å². The van der Waals surface area contributed by atoms with Gasteiger partial charge in [0.1, 0.15) is 29.8 Å². The average Bonchev–Trinajstić information content (AvgIpc) is 1.91. The van der Waals surface area contributed by atoms with E-state index in [4.69, 9.17) is 10.5 Å². The standard InChI is InChI=1S/C60H90N10O13S/c1-37(2)44(68(14)55(78)49(58(6,7)8)66-54(77)50(69(15)57(80)83-59(9,10)11)60(12,13)41-23-18-16-19-24-41)35-39(5)51(74)67-84(81,82)36-40-27-29-42(30-28-40)63-52(75)43(25-22-33-62-56(61)79)64-53(76)48(38(3)4)65-45(71)26-20-17-21-34-70-46(72)31-32-47(70)73/h16,18-19,23-24,27-32,35,37-38,43-44,48-50H,17,20-22,25-26,33-34,36H2,1-15H3,(H,63,75)(H,64,76)(H,65,71)(H,66,77)(H,67,74)(H3,61,62,79)/b39-35+/t43-,44+,48-,49+,50+/m0/s1. The van der Waals surface area contributed by atoms with E-state index < -0.39 is 116 Å². The van der Waals surface area contributed by atoms with Gasteiger partial charge in [-0.05, 0) is 93.9 Å². The minimum Gasteiger partial charge on any atom is -0.444 e. The Morgan fingerprint density at radius 3 is 1.86 bits per heavy atom. The van der Waals surface area contributed by atoms with Gasteiger partial charge in [-0.15, -0.1) is 0 Å². The highest BCUT2D eigenvalue weighted by Gasteiger charge is 2.46. The predicted octanol–water partition coefficient (Wildman–Crippen LogP) is 5.30. The van der Waals surface area contributed by atoms with E-state index >= 15 is 0 Å². The summed E-state index contributed by atoms with van der Waals surface area (Å²) in [6.45, 7) is 23.0. The molecule has 11 amide bonds. The Bertz CT molecular complexity index is 2840. The van der Waals surface area contributed by atoms with E-state index in [1.54, 1.807) is 55.4 Å². The zero-order chi connectivity index (χ0) is 63.7. The van der Waals surface area contributed by atoms with E-state index in [2.05, 4.69) is 31.3 Å². The Labute approximate surface area is 495 Å². The molecule has 1 heterocycles. The molecule has 0 aliphatic carbocycles. The molecule has 1 aliphatic heterocycles. The maximum atomic E-state index is 14.7. The summed E-state index contributed by atoms with van der Waals surface area (Å²) in [5, 5.41) is 13.6. The van der Waals surface area contributed by atoms with Crippen LogP contribution >= 0.6 is 0 Å². The van der Waals surface area contributed by atoms with E-state index in [9.17, 15) is 56.4 Å². The first-order chi connectivity index (χ1) is 38.9. The summed E-state index contributed by atoms with van der Waals surface area (Å²) in [7, 11) is -1.33. The van der Waals surface area contributed by atoms with Crippen molar-refractivity contribution in [3.63, 3.8) is 0 Å². The van der Waals surface area contributed by atoms with Crippen molar-refractivity contribution in [2.24, 2.45) is 23.0 Å². The van der Waals surface area contributed by atoms with Crippen LogP contribution in [0.15, 0.2) is 78.4 Å². The minimum atomic E-state index is -4.34. The molecule has 84 heavy (non-hydrogen) atoms. The zero-order valence-corrected chi connectivity index (χ0v) is 52.3. The topological polar surface area (TPSA) is 322 Å². The number of carbonyl (C=O) groups is 10. The number of nitrogens with zero attached hydrogens (tertiary/aromatic N) is 3. The fraction of sp³-hybridized carbons (Fsp3) is 0.567. The molecule has 0 saturated carbocycles. The van der Waals surface area contributed by atoms with Crippen LogP contribution in [0.2, 0.25) is 0 Å². The number of ether oxygens (including phenoxy) is 1. The lowest BCUT2D eigenvalue weighted by Crippen LogP contribution is -2.63. The predicted molar refractivity (Wildman–Crippen MR) is 319 cm³/mol. The number of amides is 11. The fourth-order valence-electron chi connectivity index (χ4n) is 9.36. The number of primary amides is 1. The van der Waals surface area contributed by atoms with Gasteiger partial charge in [0.05, 0.1) is 11.8 Å². The summed E-state index contributed by atoms with van der Waals surface area (Å²) >= 11 is 0. The van der Waals surface area contributed by atoms with Crippen molar-refractivity contribution in [1.29, 1.82) is 0 Å². The first-order valence-corrected chi connectivity index (χ1v) is 29.9. The van der Waals surface area contributed by atoms with Crippen LogP contribution in [0.1, 0.15) is 140 Å². The van der Waals surface area contributed by atoms with E-state index in [0.29, 0.717) is 19.3 Å². The lowest BCUT2D eigenvalue weighted by Gasteiger charge is -2.42. The summed E-state index contributed by atoms with van der Waals surface area (Å²) in [5.74, 6) is -5.87. The molecule has 0 radical (unpaired) electrons. The minimum absolute atomic E-state index is 0.0121. The molecule has 464 valence electrons. The highest BCUT2D eigenvalue weighted by atomic mass is 32.2. The number of likely N-dealkylation sites (N-methyl/N-ethyl adjacent to an activating group) is 2. The van der Waals surface area contributed by atoms with Gasteiger partial charge in [0, 0.05) is 62.4 Å². The molecule has 8 N–H and O–H groups in total. The average molecular weight is 1190 g/mol. The molecule has 2 aromatic carbocycles. The van der Waals surface area contributed by atoms with Crippen LogP contribution in [0, 0.1) is 17.3 Å². The van der Waals surface area contributed by atoms with Crippen LogP contribution in [0.25, 0.3) is 0 Å². The largest absolute Gasteiger partial charge is 0.444 e. The fourth-order valence-corrected chi connectivity index (χ4v) is 10.5. The Balaban J connectivity index is 1.73. The molecule has 3 rings (SSSR count). The quantitative estimate of drug-likeness (QED) is 0.0309. The number of rotatable bonds is 29. The van der Waals surface area contributed by atoms with Crippen LogP contribution in [-0.2, 0) is 64.3 Å². The molecule has 23 nitrogen and oxygen atoms in total. The third-order valence-electron chi connectivity index (χ3n) is 14.1. The molecule has 0 aromatic heterocycles. The van der Waals surface area contributed by atoms with Gasteiger partial charge in [-0.1, -0.05) is 117 Å². The van der Waals surface area contributed by atoms with Gasteiger partial charge >= 0.3 is 12.1 Å². The van der Waals surface area contributed by atoms with E-state index in [1.807, 2.05) is 58.0 Å². The highest BCUT2D eigenvalue weighted by molar-refractivity contribution is 7.89. The van der Waals surface area contributed by atoms with Crippen molar-refractivity contribution in [3.8, 4) is 0 Å². The molecule has 0 spiro atoms. The molecule has 1 aliphatic rings. The first kappa shape index (κ1) is 70.6. The molecular weight excluding hydrogens is 1100 g/mol. The van der Waals surface area contributed by atoms with Crippen molar-refractivity contribution in [2.75, 3.05) is 32.5 Å². The van der Waals surface area contributed by atoms with Gasteiger partial charge < -0.3 is 42.0 Å². The summed E-state index contributed by atoms with van der Waals surface area (Å²) in [5.41, 5.74) is 3.71. The maximum Gasteiger partial charge on any atom is 0.410 e. The monoisotopic (exact) mass is 1190 g/mol. The van der Waals surface area contributed by atoms with E-state index in [-0.39, 0.29) is 66.9 Å². The molecule has 2 aromatic rings. The molecule has 0 saturated heterocycles. The second-order valence-electron chi connectivity index (χ2n) is 24.6. The number of unbranched alkanes of at least 4 members (excludes halogenated alkanes) is 2. The number of hydrogen-bond donors (Lipinski definition) is 7. The second-order valence-corrected chi connectivity index (χ2v) is 26.3. The van der Waals surface area contributed by atoms with Gasteiger partial charge in [0.25, 0.3) is 17.7 Å². The number of hydrogen-bond acceptors (Lipinski definition) is 13. The van der Waals surface area contributed by atoms with Crippen LogP contribution in [0.4, 0.5) is 15.3 Å². The van der Waals surface area contributed by atoms with Crippen LogP contribution in [-0.4, -0.2) is 145 Å². The number of benzene rings is 2. The van der Waals surface area contributed by atoms with Crippen molar-refractivity contribution in [3.05, 3.63) is 89.5 Å². The zero-order valence-electron chi connectivity index (χ0n) is 51.5. The Morgan fingerprint density at radius 1 is 0.726 bits per heavy atom. The Morgan fingerprint density at radius 2 is 1.32 bits per heavy atom. The van der Waals surface area contributed by atoms with Crippen LogP contribution in [0.3, 0.4) is 0 Å². The van der Waals surface area contributed by atoms with Crippen molar-refractivity contribution in [1.82, 2.24) is 40.7 Å². The molecule has 24 heteroatoms. The summed E-state index contributed by atoms with van der Waals surface area (Å²) in [4.78, 5) is 136. The third-order valence-corrected chi connectivity index (χ3v) is 15.3. The van der Waals surface area contributed by atoms with Gasteiger partial charge in [-0.2, -0.15) is 0 Å². The first-order valence-electron chi connectivity index (χ1n) is 28.2. The van der Waals surface area contributed by atoms with Crippen LogP contribution < -0.4 is 37.0 Å². The van der Waals surface area contributed by atoms with Gasteiger partial charge in [-0.25, -0.2) is 22.7 Å². The maximum absolute atomic E-state index is 14.7. The number of imide groups is 1. The number of carbonyl (C=O) groups excluding carboxylic acids is 10. The molecule has 0 bridgehead atoms. The number of sulfonamides is 1. The van der Waals surface area contributed by atoms with E-state index in [0.717, 1.165) is 10.5 Å². The van der Waals surface area contributed by atoms with Crippen molar-refractivity contribution < 1.29 is 61.1 Å². The second kappa shape index (κ2) is 30.8. The lowest BCUT2D eigenvalue weighted by molar-refractivity contribution is -0.142. The summed E-state index contributed by atoms with van der Waals surface area (Å²) in [6.07, 6.45) is 4.97. The van der Waals surface area contributed by atoms with Gasteiger partial charge in [0.2, 0.25) is 39.6 Å². The van der Waals surface area contributed by atoms with E-state index in [1.165, 1.54) is 73.3 Å². The number of anilines is 1. The van der Waals surface area contributed by atoms with Crippen LogP contribution in [0.5, 0.6) is 0 Å². The third kappa shape index (κ3) is 21.8. The SMILES string of the molecule is C/C(=C\[C@H](C(C)C)N(C)C(=O)[C@@H](NC(=O)[C@@H](N(C)C(=O)OC(C)(C)C)C(C)(C)c1ccccc1)C(C)(C)C)C(=O)NS(=O)(=O)Cc1ccc(NC(=O)[C@H](CCCNC(N)=O)NC(=O)[C@@H](NC(=O)CCCCCN2C(=O)C=CC2=O)C(C)C)cc1. The van der Waals surface area contributed by atoms with Crippen molar-refractivity contribution in [2.45, 2.75) is 176 Å².